The van der Waals surface area contributed by atoms with Gasteiger partial charge in [0.05, 0.1) is 28.5 Å². The Bertz CT molecular complexity index is 1250. The first-order chi connectivity index (χ1) is 15.3. The highest BCUT2D eigenvalue weighted by Crippen LogP contribution is 2.28. The number of aromatic nitrogens is 2. The lowest BCUT2D eigenvalue weighted by Crippen LogP contribution is -2.47. The summed E-state index contributed by atoms with van der Waals surface area (Å²) >= 11 is 0. The number of urea groups is 1. The number of carbonyl (C=O) groups excluding carboxylic acids is 2. The quantitative estimate of drug-likeness (QED) is 0.664. The molecule has 1 aromatic heterocycles. The second kappa shape index (κ2) is 8.26. The summed E-state index contributed by atoms with van der Waals surface area (Å²) in [6, 6.07) is 12.7. The minimum Gasteiger partial charge on any atom is -0.311 e. The second-order valence-corrected chi connectivity index (χ2v) is 7.54. The maximum absolute atomic E-state index is 14.7. The standard InChI is InChI=1S/C23H23FN6O2/c1-13-19(14(2)30(4)28-13)26-23(32)27-21-22(31)29(3)18-12-8-6-10-16(18)20(25-21)15-9-5-7-11-17(15)24/h5-12,21H,1-4H3,(H2,26,27,32). The summed E-state index contributed by atoms with van der Waals surface area (Å²) in [5, 5.41) is 9.63. The molecule has 2 N–H and O–H groups in total. The molecule has 1 unspecified atom stereocenters. The van der Waals surface area contributed by atoms with E-state index >= 15 is 0 Å². The van der Waals surface area contributed by atoms with Crippen LogP contribution >= 0.6 is 0 Å². The topological polar surface area (TPSA) is 91.6 Å². The molecule has 8 nitrogen and oxygen atoms in total. The van der Waals surface area contributed by atoms with E-state index in [1.165, 1.54) is 11.0 Å². The average Bonchev–Trinajstić information content (AvgIpc) is 2.96. The van der Waals surface area contributed by atoms with Crippen molar-refractivity contribution < 1.29 is 14.0 Å². The summed E-state index contributed by atoms with van der Waals surface area (Å²) in [6.07, 6.45) is -1.25. The van der Waals surface area contributed by atoms with Gasteiger partial charge in [0.15, 0.2) is 0 Å². The fraction of sp³-hybridized carbons (Fsp3) is 0.217. The van der Waals surface area contributed by atoms with Crippen LogP contribution in [0.25, 0.3) is 0 Å². The largest absolute Gasteiger partial charge is 0.321 e. The molecule has 0 aliphatic carbocycles. The third kappa shape index (κ3) is 3.73. The van der Waals surface area contributed by atoms with E-state index < -0.39 is 23.9 Å². The zero-order valence-corrected chi connectivity index (χ0v) is 18.2. The lowest BCUT2D eigenvalue weighted by Gasteiger charge is -2.21. The fourth-order valence-corrected chi connectivity index (χ4v) is 3.71. The van der Waals surface area contributed by atoms with E-state index in [1.54, 1.807) is 68.2 Å². The molecule has 32 heavy (non-hydrogen) atoms. The minimum atomic E-state index is -1.25. The van der Waals surface area contributed by atoms with Crippen molar-refractivity contribution in [3.63, 3.8) is 0 Å². The second-order valence-electron chi connectivity index (χ2n) is 7.54. The van der Waals surface area contributed by atoms with Gasteiger partial charge in [0.2, 0.25) is 6.17 Å². The molecule has 0 saturated carbocycles. The smallest absolute Gasteiger partial charge is 0.311 e. The molecule has 0 saturated heterocycles. The molecule has 0 radical (unpaired) electrons. The Kier molecular flexibility index (Phi) is 5.48. The number of hydrogen-bond donors (Lipinski definition) is 2. The van der Waals surface area contributed by atoms with Gasteiger partial charge in [-0.2, -0.15) is 5.10 Å². The summed E-state index contributed by atoms with van der Waals surface area (Å²) < 4.78 is 16.3. The van der Waals surface area contributed by atoms with Crippen LogP contribution < -0.4 is 15.5 Å². The number of nitrogens with zero attached hydrogens (tertiary/aromatic N) is 4. The number of benzodiazepines with no additional fused rings is 1. The molecule has 0 fully saturated rings. The maximum Gasteiger partial charge on any atom is 0.321 e. The van der Waals surface area contributed by atoms with Gasteiger partial charge in [-0.3, -0.25) is 9.48 Å². The first-order valence-corrected chi connectivity index (χ1v) is 10.0. The molecule has 0 bridgehead atoms. The molecule has 3 amide bonds. The van der Waals surface area contributed by atoms with Crippen molar-refractivity contribution in [1.29, 1.82) is 0 Å². The van der Waals surface area contributed by atoms with Gasteiger partial charge in [0.25, 0.3) is 5.91 Å². The number of anilines is 2. The van der Waals surface area contributed by atoms with Gasteiger partial charge in [-0.25, -0.2) is 14.2 Å². The van der Waals surface area contributed by atoms with Crippen molar-refractivity contribution in [3.8, 4) is 0 Å². The van der Waals surface area contributed by atoms with E-state index in [0.29, 0.717) is 22.6 Å². The molecule has 2 heterocycles. The van der Waals surface area contributed by atoms with Crippen LogP contribution in [-0.4, -0.2) is 40.6 Å². The molecule has 1 atom stereocenters. The van der Waals surface area contributed by atoms with Gasteiger partial charge in [-0.1, -0.05) is 30.3 Å². The number of halogens is 1. The molecule has 0 spiro atoms. The van der Waals surface area contributed by atoms with E-state index in [0.717, 1.165) is 5.69 Å². The molecule has 2 aromatic carbocycles. The number of amides is 3. The van der Waals surface area contributed by atoms with Crippen molar-refractivity contribution in [1.82, 2.24) is 15.1 Å². The number of aliphatic imine (C=N–C) groups is 1. The van der Waals surface area contributed by atoms with Crippen LogP contribution in [0.2, 0.25) is 0 Å². The Labute approximate surface area is 184 Å². The third-order valence-electron chi connectivity index (χ3n) is 5.49. The molecular formula is C23H23FN6O2. The van der Waals surface area contributed by atoms with Crippen molar-refractivity contribution in [2.75, 3.05) is 17.3 Å². The van der Waals surface area contributed by atoms with Crippen molar-refractivity contribution in [2.24, 2.45) is 12.0 Å². The van der Waals surface area contributed by atoms with Gasteiger partial charge >= 0.3 is 6.03 Å². The van der Waals surface area contributed by atoms with Crippen molar-refractivity contribution >= 4 is 29.0 Å². The first-order valence-electron chi connectivity index (χ1n) is 10.0. The molecule has 3 aromatic rings. The Morgan fingerprint density at radius 3 is 2.34 bits per heavy atom. The summed E-state index contributed by atoms with van der Waals surface area (Å²) in [5.74, 6) is -0.915. The SMILES string of the molecule is Cc1nn(C)c(C)c1NC(=O)NC1N=C(c2ccccc2F)c2ccccc2N(C)C1=O. The predicted molar refractivity (Wildman–Crippen MR) is 121 cm³/mol. The summed E-state index contributed by atoms with van der Waals surface area (Å²) in [6.45, 7) is 3.60. The molecule has 1 aliphatic rings. The van der Waals surface area contributed by atoms with Crippen LogP contribution in [0.4, 0.5) is 20.6 Å². The molecule has 1 aliphatic heterocycles. The number of likely N-dealkylation sites (N-methyl/N-ethyl adjacent to an activating group) is 1. The maximum atomic E-state index is 14.7. The van der Waals surface area contributed by atoms with Gasteiger partial charge in [-0.15, -0.1) is 0 Å². The van der Waals surface area contributed by atoms with Crippen LogP contribution in [0.3, 0.4) is 0 Å². The van der Waals surface area contributed by atoms with E-state index in [-0.39, 0.29) is 11.3 Å². The summed E-state index contributed by atoms with van der Waals surface area (Å²) in [5.41, 5.74) is 3.67. The average molecular weight is 434 g/mol. The number of carbonyl (C=O) groups is 2. The van der Waals surface area contributed by atoms with Crippen LogP contribution in [0.15, 0.2) is 53.5 Å². The summed E-state index contributed by atoms with van der Waals surface area (Å²) in [7, 11) is 3.38. The molecule has 4 rings (SSSR count). The molecular weight excluding hydrogens is 411 g/mol. The number of nitrogens with one attached hydrogen (secondary N) is 2. The first kappa shape index (κ1) is 21.2. The monoisotopic (exact) mass is 434 g/mol. The van der Waals surface area contributed by atoms with Crippen LogP contribution in [-0.2, 0) is 11.8 Å². The lowest BCUT2D eigenvalue weighted by molar-refractivity contribution is -0.119. The van der Waals surface area contributed by atoms with Crippen LogP contribution in [0.1, 0.15) is 22.5 Å². The van der Waals surface area contributed by atoms with Crippen LogP contribution in [0.5, 0.6) is 0 Å². The molecule has 9 heteroatoms. The summed E-state index contributed by atoms with van der Waals surface area (Å²) in [4.78, 5) is 31.8. The zero-order chi connectivity index (χ0) is 23.0. The fourth-order valence-electron chi connectivity index (χ4n) is 3.71. The van der Waals surface area contributed by atoms with Gasteiger partial charge in [0.1, 0.15) is 5.82 Å². The highest BCUT2D eigenvalue weighted by molar-refractivity contribution is 6.20. The lowest BCUT2D eigenvalue weighted by atomic mass is 10.00. The van der Waals surface area contributed by atoms with Crippen molar-refractivity contribution in [3.05, 3.63) is 76.9 Å². The number of fused-ring (bicyclic) bond motifs is 1. The number of aryl methyl sites for hydroxylation is 2. The van der Waals surface area contributed by atoms with E-state index in [9.17, 15) is 14.0 Å². The number of benzene rings is 2. The van der Waals surface area contributed by atoms with Gasteiger partial charge in [0, 0.05) is 25.2 Å². The Balaban J connectivity index is 1.73. The third-order valence-corrected chi connectivity index (χ3v) is 5.49. The van der Waals surface area contributed by atoms with E-state index in [1.807, 2.05) is 6.92 Å². The predicted octanol–water partition coefficient (Wildman–Crippen LogP) is 3.14. The van der Waals surface area contributed by atoms with E-state index in [4.69, 9.17) is 0 Å². The minimum absolute atomic E-state index is 0.245. The number of hydrogen-bond acceptors (Lipinski definition) is 4. The highest BCUT2D eigenvalue weighted by Gasteiger charge is 2.32. The normalized spacial score (nSPS) is 15.7. The van der Waals surface area contributed by atoms with Crippen molar-refractivity contribution in [2.45, 2.75) is 20.0 Å². The highest BCUT2D eigenvalue weighted by atomic mass is 19.1. The molecule has 164 valence electrons. The number of rotatable bonds is 3. The Hall–Kier alpha value is -4.01. The van der Waals surface area contributed by atoms with Gasteiger partial charge < -0.3 is 15.5 Å². The Morgan fingerprint density at radius 1 is 1.03 bits per heavy atom. The Morgan fingerprint density at radius 2 is 1.69 bits per heavy atom. The number of para-hydroxylation sites is 1. The van der Waals surface area contributed by atoms with E-state index in [2.05, 4.69) is 20.7 Å². The zero-order valence-electron chi connectivity index (χ0n) is 18.2. The van der Waals surface area contributed by atoms with Crippen LogP contribution in [0, 0.1) is 19.7 Å². The van der Waals surface area contributed by atoms with Gasteiger partial charge in [-0.05, 0) is 32.0 Å².